The third kappa shape index (κ3) is 1.37. The third-order valence-corrected chi connectivity index (χ3v) is 2.90. The highest BCUT2D eigenvalue weighted by Gasteiger charge is 2.12. The topological polar surface area (TPSA) is 32.3 Å². The molecule has 1 aromatic carbocycles. The lowest BCUT2D eigenvalue weighted by molar-refractivity contribution is 0.472. The van der Waals surface area contributed by atoms with Crippen LogP contribution in [0.15, 0.2) is 0 Å². The first-order chi connectivity index (χ1) is 6.00. The summed E-state index contributed by atoms with van der Waals surface area (Å²) >= 11 is 0. The Labute approximate surface area is 79.6 Å². The molecule has 0 radical (unpaired) electrons. The van der Waals surface area contributed by atoms with Crippen molar-refractivity contribution in [2.75, 3.05) is 12.4 Å². The summed E-state index contributed by atoms with van der Waals surface area (Å²) < 4.78 is 0. The van der Waals surface area contributed by atoms with E-state index >= 15 is 0 Å². The van der Waals surface area contributed by atoms with Crippen molar-refractivity contribution in [3.8, 4) is 5.75 Å². The first-order valence-corrected chi connectivity index (χ1v) is 4.47. The monoisotopic (exact) mass is 179 g/mol. The lowest BCUT2D eigenvalue weighted by atomic mass is 9.96. The number of benzene rings is 1. The van der Waals surface area contributed by atoms with E-state index in [1.165, 1.54) is 11.1 Å². The molecule has 0 saturated heterocycles. The summed E-state index contributed by atoms with van der Waals surface area (Å²) in [5, 5.41) is 12.8. The normalized spacial score (nSPS) is 10.2. The van der Waals surface area contributed by atoms with E-state index in [9.17, 15) is 5.11 Å². The van der Waals surface area contributed by atoms with E-state index in [1.54, 1.807) is 0 Å². The Balaban J connectivity index is 3.56. The fourth-order valence-electron chi connectivity index (χ4n) is 1.60. The fourth-order valence-corrected chi connectivity index (χ4v) is 1.60. The minimum absolute atomic E-state index is 0.378. The maximum absolute atomic E-state index is 9.82. The maximum atomic E-state index is 9.82. The minimum atomic E-state index is 0.378. The fraction of sp³-hybridized carbons (Fsp3) is 0.455. The van der Waals surface area contributed by atoms with Crippen molar-refractivity contribution in [3.63, 3.8) is 0 Å². The Morgan fingerprint density at radius 1 is 0.846 bits per heavy atom. The van der Waals surface area contributed by atoms with Crippen molar-refractivity contribution in [2.24, 2.45) is 0 Å². The highest BCUT2D eigenvalue weighted by molar-refractivity contribution is 5.68. The number of phenolic OH excluding ortho intramolecular Hbond substituents is 1. The molecule has 13 heavy (non-hydrogen) atoms. The van der Waals surface area contributed by atoms with Crippen molar-refractivity contribution in [2.45, 2.75) is 27.7 Å². The summed E-state index contributed by atoms with van der Waals surface area (Å²) in [4.78, 5) is 0. The van der Waals surface area contributed by atoms with E-state index in [0.29, 0.717) is 5.75 Å². The zero-order valence-electron chi connectivity index (χ0n) is 8.95. The van der Waals surface area contributed by atoms with Crippen LogP contribution in [0, 0.1) is 27.7 Å². The Morgan fingerprint density at radius 3 is 1.77 bits per heavy atom. The van der Waals surface area contributed by atoms with Crippen LogP contribution in [0.3, 0.4) is 0 Å². The minimum Gasteiger partial charge on any atom is -0.505 e. The summed E-state index contributed by atoms with van der Waals surface area (Å²) in [5.74, 6) is 0.378. The van der Waals surface area contributed by atoms with Crippen molar-refractivity contribution < 1.29 is 5.11 Å². The van der Waals surface area contributed by atoms with Crippen molar-refractivity contribution in [3.05, 3.63) is 22.3 Å². The van der Waals surface area contributed by atoms with Gasteiger partial charge in [0, 0.05) is 7.05 Å². The molecule has 2 nitrogen and oxygen atoms in total. The van der Waals surface area contributed by atoms with Crippen LogP contribution >= 0.6 is 0 Å². The van der Waals surface area contributed by atoms with E-state index in [2.05, 4.69) is 12.2 Å². The summed E-state index contributed by atoms with van der Waals surface area (Å²) in [6.07, 6.45) is 0. The van der Waals surface area contributed by atoms with Gasteiger partial charge < -0.3 is 10.4 Å². The van der Waals surface area contributed by atoms with Gasteiger partial charge in [0.05, 0.1) is 5.69 Å². The molecule has 0 aliphatic carbocycles. The van der Waals surface area contributed by atoms with E-state index in [0.717, 1.165) is 16.8 Å². The second-order valence-electron chi connectivity index (χ2n) is 3.47. The molecule has 0 spiro atoms. The molecule has 0 aromatic heterocycles. The number of aromatic hydroxyl groups is 1. The standard InChI is InChI=1S/C11H17NO/c1-6-7(2)9(4)11(13)10(12-5)8(6)3/h12-13H,1-5H3. The van der Waals surface area contributed by atoms with Crippen LogP contribution in [-0.4, -0.2) is 12.2 Å². The zero-order valence-corrected chi connectivity index (χ0v) is 8.95. The van der Waals surface area contributed by atoms with E-state index < -0.39 is 0 Å². The maximum Gasteiger partial charge on any atom is 0.142 e. The molecule has 2 N–H and O–H groups in total. The van der Waals surface area contributed by atoms with E-state index in [1.807, 2.05) is 27.8 Å². The van der Waals surface area contributed by atoms with Crippen molar-refractivity contribution >= 4 is 5.69 Å². The molecule has 72 valence electrons. The molecule has 0 atom stereocenters. The van der Waals surface area contributed by atoms with Gasteiger partial charge in [-0.05, 0) is 49.9 Å². The van der Waals surface area contributed by atoms with Gasteiger partial charge in [-0.15, -0.1) is 0 Å². The molecule has 0 fully saturated rings. The van der Waals surface area contributed by atoms with Gasteiger partial charge in [0.25, 0.3) is 0 Å². The van der Waals surface area contributed by atoms with Crippen LogP contribution in [0.5, 0.6) is 5.75 Å². The SMILES string of the molecule is CNc1c(C)c(C)c(C)c(C)c1O. The molecule has 0 bridgehead atoms. The summed E-state index contributed by atoms with van der Waals surface area (Å²) in [5.41, 5.74) is 5.37. The highest BCUT2D eigenvalue weighted by Crippen LogP contribution is 2.35. The molecular formula is C11H17NO. The van der Waals surface area contributed by atoms with E-state index in [4.69, 9.17) is 0 Å². The largest absolute Gasteiger partial charge is 0.505 e. The second-order valence-corrected chi connectivity index (χ2v) is 3.47. The van der Waals surface area contributed by atoms with Gasteiger partial charge in [-0.3, -0.25) is 0 Å². The van der Waals surface area contributed by atoms with Crippen LogP contribution in [-0.2, 0) is 0 Å². The summed E-state index contributed by atoms with van der Waals surface area (Å²) in [6.45, 7) is 8.08. The van der Waals surface area contributed by atoms with Gasteiger partial charge in [-0.1, -0.05) is 0 Å². The molecule has 0 amide bonds. The van der Waals surface area contributed by atoms with Gasteiger partial charge in [-0.2, -0.15) is 0 Å². The van der Waals surface area contributed by atoms with Gasteiger partial charge in [-0.25, -0.2) is 0 Å². The lowest BCUT2D eigenvalue weighted by Crippen LogP contribution is -1.99. The number of anilines is 1. The zero-order chi connectivity index (χ0) is 10.2. The number of hydrogen-bond donors (Lipinski definition) is 2. The molecule has 0 heterocycles. The van der Waals surface area contributed by atoms with Crippen LogP contribution in [0.1, 0.15) is 22.3 Å². The Hall–Kier alpha value is -1.18. The number of rotatable bonds is 1. The predicted octanol–water partition coefficient (Wildman–Crippen LogP) is 2.67. The summed E-state index contributed by atoms with van der Waals surface area (Å²) in [7, 11) is 1.83. The quantitative estimate of drug-likeness (QED) is 0.650. The molecular weight excluding hydrogens is 162 g/mol. The molecule has 2 heteroatoms. The highest BCUT2D eigenvalue weighted by atomic mass is 16.3. The van der Waals surface area contributed by atoms with Crippen LogP contribution < -0.4 is 5.32 Å². The lowest BCUT2D eigenvalue weighted by Gasteiger charge is -2.16. The van der Waals surface area contributed by atoms with Gasteiger partial charge in [0.15, 0.2) is 0 Å². The smallest absolute Gasteiger partial charge is 0.142 e. The molecule has 1 aromatic rings. The average molecular weight is 179 g/mol. The van der Waals surface area contributed by atoms with Crippen LogP contribution in [0.2, 0.25) is 0 Å². The molecule has 1 rings (SSSR count). The van der Waals surface area contributed by atoms with Crippen LogP contribution in [0.4, 0.5) is 5.69 Å². The molecule has 0 saturated carbocycles. The van der Waals surface area contributed by atoms with Gasteiger partial charge in [0.2, 0.25) is 0 Å². The Morgan fingerprint density at radius 2 is 1.31 bits per heavy atom. The first kappa shape index (κ1) is 9.90. The van der Waals surface area contributed by atoms with Gasteiger partial charge >= 0.3 is 0 Å². The predicted molar refractivity (Wildman–Crippen MR) is 56.6 cm³/mol. The van der Waals surface area contributed by atoms with E-state index in [-0.39, 0.29) is 0 Å². The third-order valence-electron chi connectivity index (χ3n) is 2.90. The van der Waals surface area contributed by atoms with Gasteiger partial charge in [0.1, 0.15) is 5.75 Å². The molecule has 0 unspecified atom stereocenters. The first-order valence-electron chi connectivity index (χ1n) is 4.47. The molecule has 0 aliphatic rings. The average Bonchev–Trinajstić information content (AvgIpc) is 2.13. The number of hydrogen-bond acceptors (Lipinski definition) is 2. The van der Waals surface area contributed by atoms with Crippen LogP contribution in [0.25, 0.3) is 0 Å². The summed E-state index contributed by atoms with van der Waals surface area (Å²) in [6, 6.07) is 0. The Bertz CT molecular complexity index is 313. The second kappa shape index (κ2) is 3.29. The number of nitrogens with one attached hydrogen (secondary N) is 1. The Kier molecular flexibility index (Phi) is 2.50. The molecule has 0 aliphatic heterocycles. The van der Waals surface area contributed by atoms with Crippen molar-refractivity contribution in [1.82, 2.24) is 0 Å². The van der Waals surface area contributed by atoms with Crippen molar-refractivity contribution in [1.29, 1.82) is 0 Å². The number of phenols is 1.